The molecule has 4 aromatic carbocycles. The van der Waals surface area contributed by atoms with Crippen LogP contribution in [0.2, 0.25) is 0 Å². The van der Waals surface area contributed by atoms with Gasteiger partial charge in [0.25, 0.3) is 0 Å². The van der Waals surface area contributed by atoms with E-state index in [9.17, 15) is 19.2 Å². The van der Waals surface area contributed by atoms with Gasteiger partial charge in [0.15, 0.2) is 0 Å². The van der Waals surface area contributed by atoms with Gasteiger partial charge in [0.1, 0.15) is 12.2 Å². The van der Waals surface area contributed by atoms with Crippen molar-refractivity contribution in [3.05, 3.63) is 130 Å². The number of rotatable bonds is 25. The molecular formula is C63H86N4O8. The van der Waals surface area contributed by atoms with E-state index >= 15 is 0 Å². The third kappa shape index (κ3) is 21.3. The fourth-order valence-corrected chi connectivity index (χ4v) is 10.1. The van der Waals surface area contributed by atoms with Crippen molar-refractivity contribution >= 4 is 58.8 Å². The Morgan fingerprint density at radius 2 is 0.840 bits per heavy atom. The second kappa shape index (κ2) is 32.0. The Hall–Kier alpha value is -6.56. The first kappa shape index (κ1) is 59.3. The van der Waals surface area contributed by atoms with Crippen LogP contribution < -0.4 is 22.9 Å². The van der Waals surface area contributed by atoms with Crippen molar-refractivity contribution in [2.24, 2.45) is 11.8 Å². The average molecular weight is 1030 g/mol. The lowest BCUT2D eigenvalue weighted by molar-refractivity contribution is -0.139. The molecule has 2 aliphatic rings. The summed E-state index contributed by atoms with van der Waals surface area (Å²) in [5.74, 6) is 0.231. The Bertz CT molecular complexity index is 2390. The maximum Gasteiger partial charge on any atom is 0.338 e. The van der Waals surface area contributed by atoms with Crippen molar-refractivity contribution in [2.75, 3.05) is 36.1 Å². The summed E-state index contributed by atoms with van der Waals surface area (Å²) >= 11 is 0. The Labute approximate surface area is 447 Å². The third-order valence-electron chi connectivity index (χ3n) is 14.5. The maximum atomic E-state index is 12.6. The van der Waals surface area contributed by atoms with Gasteiger partial charge >= 0.3 is 23.9 Å². The average Bonchev–Trinajstić information content (AvgIpc) is 3.40. The van der Waals surface area contributed by atoms with Crippen molar-refractivity contribution in [3.8, 4) is 0 Å². The number of hydrogen-bond donors (Lipinski definition) is 4. The number of anilines is 4. The van der Waals surface area contributed by atoms with E-state index in [-0.39, 0.29) is 49.2 Å². The van der Waals surface area contributed by atoms with Crippen molar-refractivity contribution in [2.45, 2.75) is 174 Å². The second-order valence-corrected chi connectivity index (χ2v) is 20.7. The molecule has 2 atom stereocenters. The zero-order valence-corrected chi connectivity index (χ0v) is 45.3. The Morgan fingerprint density at radius 3 is 1.19 bits per heavy atom. The van der Waals surface area contributed by atoms with Gasteiger partial charge in [-0.2, -0.15) is 0 Å². The summed E-state index contributed by atoms with van der Waals surface area (Å²) in [6, 6.07) is 25.2. The molecule has 0 bridgehead atoms. The molecule has 2 aliphatic carbocycles. The summed E-state index contributed by atoms with van der Waals surface area (Å²) in [7, 11) is 0. The quantitative estimate of drug-likeness (QED) is 0.0211. The molecule has 12 nitrogen and oxygen atoms in total. The van der Waals surface area contributed by atoms with E-state index in [1.54, 1.807) is 60.7 Å². The first-order valence-electron chi connectivity index (χ1n) is 27.9. The predicted molar refractivity (Wildman–Crippen MR) is 305 cm³/mol. The third-order valence-corrected chi connectivity index (χ3v) is 14.5. The molecule has 0 spiro atoms. The summed E-state index contributed by atoms with van der Waals surface area (Å²) in [5, 5.41) is 0. The van der Waals surface area contributed by atoms with Gasteiger partial charge in [-0.3, -0.25) is 0 Å². The van der Waals surface area contributed by atoms with Gasteiger partial charge in [0.2, 0.25) is 0 Å². The van der Waals surface area contributed by atoms with Crippen LogP contribution in [0.5, 0.6) is 0 Å². The van der Waals surface area contributed by atoms with E-state index < -0.39 is 11.9 Å². The highest BCUT2D eigenvalue weighted by Crippen LogP contribution is 2.32. The molecule has 75 heavy (non-hydrogen) atoms. The molecule has 0 radical (unpaired) electrons. The van der Waals surface area contributed by atoms with Crippen molar-refractivity contribution in [1.29, 1.82) is 0 Å². The van der Waals surface area contributed by atoms with Crippen LogP contribution in [0.3, 0.4) is 0 Å². The van der Waals surface area contributed by atoms with E-state index in [4.69, 9.17) is 41.9 Å². The summed E-state index contributed by atoms with van der Waals surface area (Å²) in [5.41, 5.74) is 30.9. The highest BCUT2D eigenvalue weighted by Gasteiger charge is 2.26. The second-order valence-electron chi connectivity index (χ2n) is 20.7. The molecule has 4 aromatic rings. The molecule has 2 fully saturated rings. The largest absolute Gasteiger partial charge is 0.462 e. The number of nitrogens with two attached hydrogens (primary N) is 4. The molecule has 2 unspecified atom stereocenters. The van der Waals surface area contributed by atoms with Crippen LogP contribution in [0.15, 0.2) is 97.1 Å². The fourth-order valence-electron chi connectivity index (χ4n) is 10.1. The molecule has 0 aliphatic heterocycles. The first-order valence-corrected chi connectivity index (χ1v) is 27.9. The summed E-state index contributed by atoms with van der Waals surface area (Å²) in [6.45, 7) is 9.23. The standard InChI is InChI=1S/C32H44N2O4.C31H42N2O4/c1-3-5-7-23-11-16-30(17-12-23)38-32(36)25-14-9-24(10-15-25)13-18-31(35)37-22-26(8-6-4-2)27-19-28(33)21-29(34)20-27;1-3-5-7-25(26-18-27(32)20-28(33)19-26)21-36-30(34)17-12-23-8-13-24(14-9-23)31(35)37-29-15-10-22(6-4-2)11-16-29/h9-10,13-15,18-21,23,26,30H,3-8,11-12,16-17,22,33-34H2,1-2H3;8-9,12-14,17-20,22,25,29H,3-7,10-11,15-16,21,32-33H2,1-2H3/b18-13+;17-12+. The molecule has 8 N–H and O–H groups in total. The lowest BCUT2D eigenvalue weighted by Gasteiger charge is -2.28. The SMILES string of the molecule is CCCCC(COC(=O)/C=C/c1ccc(C(=O)OC2CCC(CCC)CC2)cc1)c1cc(N)cc(N)c1.CCCCC1CCC(OC(=O)c2ccc(/C=C/C(=O)OCC(CCCC)c3cc(N)cc(N)c3)cc2)CC1. The van der Waals surface area contributed by atoms with Gasteiger partial charge in [0, 0.05) is 46.7 Å². The summed E-state index contributed by atoms with van der Waals surface area (Å²) < 4.78 is 22.6. The molecule has 12 heteroatoms. The fraction of sp³-hybridized carbons (Fsp3) is 0.492. The van der Waals surface area contributed by atoms with Gasteiger partial charge in [-0.05, 0) is 171 Å². The van der Waals surface area contributed by atoms with Crippen molar-refractivity contribution in [1.82, 2.24) is 0 Å². The zero-order valence-electron chi connectivity index (χ0n) is 45.3. The van der Waals surface area contributed by atoms with Crippen LogP contribution in [-0.2, 0) is 28.5 Å². The monoisotopic (exact) mass is 1030 g/mol. The highest BCUT2D eigenvalue weighted by atomic mass is 16.6. The Balaban J connectivity index is 0.000000277. The number of benzene rings is 4. The van der Waals surface area contributed by atoms with E-state index in [0.717, 1.165) is 124 Å². The molecular weight excluding hydrogens is 941 g/mol. The number of unbranched alkanes of at least 4 members (excludes halogenated alkanes) is 3. The van der Waals surface area contributed by atoms with Gasteiger partial charge in [-0.1, -0.05) is 110 Å². The van der Waals surface area contributed by atoms with Crippen LogP contribution >= 0.6 is 0 Å². The minimum Gasteiger partial charge on any atom is -0.462 e. The lowest BCUT2D eigenvalue weighted by Crippen LogP contribution is -2.24. The lowest BCUT2D eigenvalue weighted by atomic mass is 9.84. The summed E-state index contributed by atoms with van der Waals surface area (Å²) in [4.78, 5) is 49.9. The molecule has 0 amide bonds. The van der Waals surface area contributed by atoms with Gasteiger partial charge < -0.3 is 41.9 Å². The van der Waals surface area contributed by atoms with Crippen LogP contribution in [0.4, 0.5) is 22.7 Å². The topological polar surface area (TPSA) is 209 Å². The minimum atomic E-state index is -0.416. The molecule has 0 saturated heterocycles. The van der Waals surface area contributed by atoms with Crippen LogP contribution in [-0.4, -0.2) is 49.3 Å². The predicted octanol–water partition coefficient (Wildman–Crippen LogP) is 14.2. The Morgan fingerprint density at radius 1 is 0.480 bits per heavy atom. The van der Waals surface area contributed by atoms with Gasteiger partial charge in [0.05, 0.1) is 24.3 Å². The van der Waals surface area contributed by atoms with Crippen LogP contribution in [0.25, 0.3) is 12.2 Å². The van der Waals surface area contributed by atoms with Crippen molar-refractivity contribution in [3.63, 3.8) is 0 Å². The number of hydrogen-bond acceptors (Lipinski definition) is 12. The van der Waals surface area contributed by atoms with Gasteiger partial charge in [-0.15, -0.1) is 0 Å². The number of nitrogen functional groups attached to an aromatic ring is 4. The number of ether oxygens (including phenoxy) is 4. The minimum absolute atomic E-state index is 0.0136. The molecule has 0 aromatic heterocycles. The summed E-state index contributed by atoms with van der Waals surface area (Å²) in [6.07, 6.45) is 26.8. The van der Waals surface area contributed by atoms with Crippen LogP contribution in [0.1, 0.15) is 204 Å². The smallest absolute Gasteiger partial charge is 0.338 e. The molecule has 2 saturated carbocycles. The van der Waals surface area contributed by atoms with E-state index in [1.165, 1.54) is 44.3 Å². The molecule has 6 rings (SSSR count). The molecule has 406 valence electrons. The molecule has 0 heterocycles. The van der Waals surface area contributed by atoms with E-state index in [0.29, 0.717) is 33.9 Å². The van der Waals surface area contributed by atoms with Crippen molar-refractivity contribution < 1.29 is 38.1 Å². The number of esters is 4. The number of carbonyl (C=O) groups is 4. The Kier molecular flexibility index (Phi) is 25.3. The van der Waals surface area contributed by atoms with E-state index in [2.05, 4.69) is 27.7 Å². The highest BCUT2D eigenvalue weighted by molar-refractivity contribution is 5.91. The normalized spacial score (nSPS) is 18.3. The van der Waals surface area contributed by atoms with E-state index in [1.807, 2.05) is 36.4 Å². The zero-order chi connectivity index (χ0) is 54.0. The maximum absolute atomic E-state index is 12.6. The van der Waals surface area contributed by atoms with Gasteiger partial charge in [-0.25, -0.2) is 19.2 Å². The van der Waals surface area contributed by atoms with Crippen LogP contribution in [0, 0.1) is 11.8 Å². The first-order chi connectivity index (χ1) is 36.2. The number of carbonyl (C=O) groups excluding carboxylic acids is 4.